The maximum atomic E-state index is 9.42. The van der Waals surface area contributed by atoms with Crippen molar-refractivity contribution < 1.29 is 0 Å². The van der Waals surface area contributed by atoms with E-state index in [4.69, 9.17) is 0 Å². The molecule has 0 unspecified atom stereocenters. The van der Waals surface area contributed by atoms with Gasteiger partial charge in [0.1, 0.15) is 0 Å². The lowest BCUT2D eigenvalue weighted by Crippen LogP contribution is -1.95. The zero-order chi connectivity index (χ0) is 17.4. The van der Waals surface area contributed by atoms with E-state index in [-0.39, 0.29) is 0 Å². The molecule has 24 heavy (non-hydrogen) atoms. The zero-order valence-electron chi connectivity index (χ0n) is 15.0. The largest absolute Gasteiger partial charge is 0.388 e. The second-order valence-corrected chi connectivity index (χ2v) is 7.05. The van der Waals surface area contributed by atoms with Crippen LogP contribution in [-0.4, -0.2) is 6.26 Å². The standard InChI is InChI=1S/C21H27N2S/c1-4-6-8-17-15-21(23-22)18(9-7-5-2)14-20(17)16-10-12-19(24-3)13-11-16/h10-15H,4-9H2,1-3H3/q+1. The van der Waals surface area contributed by atoms with Crippen LogP contribution in [0.25, 0.3) is 16.1 Å². The number of unbranched alkanes of at least 4 members (excludes halogenated alkanes) is 2. The van der Waals surface area contributed by atoms with Crippen LogP contribution in [0.4, 0.5) is 5.69 Å². The van der Waals surface area contributed by atoms with Crippen molar-refractivity contribution in [3.05, 3.63) is 52.5 Å². The van der Waals surface area contributed by atoms with Crippen molar-refractivity contribution >= 4 is 17.4 Å². The van der Waals surface area contributed by atoms with Crippen LogP contribution < -0.4 is 0 Å². The second-order valence-electron chi connectivity index (χ2n) is 6.17. The summed E-state index contributed by atoms with van der Waals surface area (Å²) in [4.78, 5) is 4.83. The predicted molar refractivity (Wildman–Crippen MR) is 106 cm³/mol. The summed E-state index contributed by atoms with van der Waals surface area (Å²) >= 11 is 1.76. The van der Waals surface area contributed by atoms with E-state index in [2.05, 4.69) is 61.5 Å². The average Bonchev–Trinajstić information content (AvgIpc) is 2.64. The molecule has 0 aliphatic heterocycles. The van der Waals surface area contributed by atoms with E-state index in [0.717, 1.165) is 49.8 Å². The number of nitrogens with zero attached hydrogens (tertiary/aromatic N) is 2. The molecule has 0 radical (unpaired) electrons. The summed E-state index contributed by atoms with van der Waals surface area (Å²) in [6, 6.07) is 13.1. The number of benzene rings is 2. The van der Waals surface area contributed by atoms with Crippen molar-refractivity contribution in [3.8, 4) is 11.1 Å². The smallest absolute Gasteiger partial charge is 0.130 e. The third kappa shape index (κ3) is 4.61. The molecule has 0 saturated heterocycles. The van der Waals surface area contributed by atoms with Crippen molar-refractivity contribution in [2.75, 3.05) is 6.26 Å². The van der Waals surface area contributed by atoms with Crippen LogP contribution >= 0.6 is 11.8 Å². The third-order valence-corrected chi connectivity index (χ3v) is 5.16. The Hall–Kier alpha value is -1.79. The van der Waals surface area contributed by atoms with Crippen LogP contribution in [0.1, 0.15) is 50.7 Å². The summed E-state index contributed by atoms with van der Waals surface area (Å²) in [6.07, 6.45) is 8.64. The van der Waals surface area contributed by atoms with Crippen LogP contribution in [-0.2, 0) is 12.8 Å². The molecule has 2 aromatic rings. The quantitative estimate of drug-likeness (QED) is 0.374. The minimum atomic E-state index is 0.735. The van der Waals surface area contributed by atoms with Crippen LogP contribution in [0.5, 0.6) is 0 Å². The number of rotatable bonds is 8. The topological polar surface area (TPSA) is 28.1 Å². The monoisotopic (exact) mass is 339 g/mol. The highest BCUT2D eigenvalue weighted by Crippen LogP contribution is 2.34. The highest BCUT2D eigenvalue weighted by molar-refractivity contribution is 7.98. The first-order chi connectivity index (χ1) is 11.7. The van der Waals surface area contributed by atoms with Crippen LogP contribution in [0.15, 0.2) is 41.3 Å². The molecule has 2 nitrogen and oxygen atoms in total. The number of hydrogen-bond donors (Lipinski definition) is 0. The minimum Gasteiger partial charge on any atom is -0.130 e. The second kappa shape index (κ2) is 9.49. The van der Waals surface area contributed by atoms with Crippen molar-refractivity contribution in [1.82, 2.24) is 0 Å². The van der Waals surface area contributed by atoms with Gasteiger partial charge in [-0.3, -0.25) is 0 Å². The Labute approximate surface area is 150 Å². The lowest BCUT2D eigenvalue weighted by molar-refractivity contribution is 0.788. The van der Waals surface area contributed by atoms with Crippen LogP contribution in [0, 0.1) is 5.39 Å². The molecule has 0 N–H and O–H groups in total. The van der Waals surface area contributed by atoms with Gasteiger partial charge >= 0.3 is 5.69 Å². The lowest BCUT2D eigenvalue weighted by atomic mass is 9.92. The van der Waals surface area contributed by atoms with Gasteiger partial charge in [0.25, 0.3) is 0 Å². The summed E-state index contributed by atoms with van der Waals surface area (Å²) in [5, 5.41) is 9.42. The fraction of sp³-hybridized carbons (Fsp3) is 0.429. The Bertz CT molecular complexity index is 699. The maximum absolute atomic E-state index is 9.42. The molecule has 2 rings (SSSR count). The number of hydrogen-bond acceptors (Lipinski definition) is 2. The van der Waals surface area contributed by atoms with E-state index in [1.807, 2.05) is 0 Å². The van der Waals surface area contributed by atoms with Crippen molar-refractivity contribution in [1.29, 1.82) is 5.39 Å². The molecule has 126 valence electrons. The first-order valence-corrected chi connectivity index (χ1v) is 10.1. The van der Waals surface area contributed by atoms with E-state index < -0.39 is 0 Å². The molecule has 0 fully saturated rings. The van der Waals surface area contributed by atoms with E-state index in [1.54, 1.807) is 11.8 Å². The summed E-state index contributed by atoms with van der Waals surface area (Å²) in [5.74, 6) is 0. The van der Waals surface area contributed by atoms with Gasteiger partial charge < -0.3 is 0 Å². The maximum Gasteiger partial charge on any atom is 0.388 e. The molecule has 0 aliphatic rings. The minimum absolute atomic E-state index is 0.735. The fourth-order valence-electron chi connectivity index (χ4n) is 2.95. The molecule has 0 amide bonds. The Balaban J connectivity index is 2.49. The highest BCUT2D eigenvalue weighted by atomic mass is 32.2. The molecular formula is C21H27N2S+. The first kappa shape index (κ1) is 18.5. The molecule has 0 atom stereocenters. The Morgan fingerprint density at radius 1 is 0.917 bits per heavy atom. The molecule has 3 heteroatoms. The Kier molecular flexibility index (Phi) is 7.34. The van der Waals surface area contributed by atoms with E-state index >= 15 is 0 Å². The molecule has 0 heterocycles. The molecule has 0 bridgehead atoms. The molecular weight excluding hydrogens is 312 g/mol. The predicted octanol–water partition coefficient (Wildman–Crippen LogP) is 7.25. The van der Waals surface area contributed by atoms with Gasteiger partial charge in [0.2, 0.25) is 5.39 Å². The van der Waals surface area contributed by atoms with Gasteiger partial charge in [-0.25, -0.2) is 0 Å². The van der Waals surface area contributed by atoms with Crippen molar-refractivity contribution in [3.63, 3.8) is 0 Å². The Morgan fingerprint density at radius 3 is 2.08 bits per heavy atom. The molecule has 0 spiro atoms. The summed E-state index contributed by atoms with van der Waals surface area (Å²) < 4.78 is 0. The third-order valence-electron chi connectivity index (χ3n) is 4.41. The van der Waals surface area contributed by atoms with E-state index in [0.29, 0.717) is 0 Å². The van der Waals surface area contributed by atoms with Gasteiger partial charge in [-0.2, -0.15) is 0 Å². The SMILES string of the molecule is CCCCc1cc(-c2ccc(SC)cc2)c(CCCC)cc1[N+]#N. The molecule has 0 aliphatic carbocycles. The average molecular weight is 340 g/mol. The lowest BCUT2D eigenvalue weighted by Gasteiger charge is -2.11. The summed E-state index contributed by atoms with van der Waals surface area (Å²) in [6.45, 7) is 4.40. The van der Waals surface area contributed by atoms with Gasteiger partial charge in [0.05, 0.1) is 0 Å². The summed E-state index contributed by atoms with van der Waals surface area (Å²) in [5.41, 5.74) is 5.69. The zero-order valence-corrected chi connectivity index (χ0v) is 15.8. The molecule has 0 saturated carbocycles. The first-order valence-electron chi connectivity index (χ1n) is 8.88. The van der Waals surface area contributed by atoms with E-state index in [1.165, 1.54) is 21.6 Å². The normalized spacial score (nSPS) is 10.6. The van der Waals surface area contributed by atoms with Gasteiger partial charge in [0, 0.05) is 16.5 Å². The van der Waals surface area contributed by atoms with Gasteiger partial charge in [0.15, 0.2) is 4.98 Å². The highest BCUT2D eigenvalue weighted by Gasteiger charge is 2.18. The van der Waals surface area contributed by atoms with Gasteiger partial charge in [-0.05, 0) is 66.8 Å². The van der Waals surface area contributed by atoms with E-state index in [9.17, 15) is 5.39 Å². The van der Waals surface area contributed by atoms with Crippen LogP contribution in [0.3, 0.4) is 0 Å². The van der Waals surface area contributed by atoms with Crippen molar-refractivity contribution in [2.45, 2.75) is 57.3 Å². The Morgan fingerprint density at radius 2 is 1.54 bits per heavy atom. The fourth-order valence-corrected chi connectivity index (χ4v) is 3.36. The number of aryl methyl sites for hydroxylation is 2. The molecule has 2 aromatic carbocycles. The van der Waals surface area contributed by atoms with Crippen molar-refractivity contribution in [2.24, 2.45) is 0 Å². The van der Waals surface area contributed by atoms with Gasteiger partial charge in [-0.1, -0.05) is 38.8 Å². The number of diazo groups is 1. The summed E-state index contributed by atoms with van der Waals surface area (Å²) in [7, 11) is 0. The molecule has 0 aromatic heterocycles. The van der Waals surface area contributed by atoms with Gasteiger partial charge in [-0.15, -0.1) is 11.8 Å². The van der Waals surface area contributed by atoms with Crippen LogP contribution in [0.2, 0.25) is 0 Å². The number of thioether (sulfide) groups is 1.